The number of hydrogen-bond acceptors (Lipinski definition) is 1. The number of nitrogens with one attached hydrogen (secondary N) is 1. The fraction of sp³-hybridized carbons (Fsp3) is 0.500. The van der Waals surface area contributed by atoms with Gasteiger partial charge in [-0.05, 0) is 12.0 Å². The van der Waals surface area contributed by atoms with Crippen molar-refractivity contribution in [2.75, 3.05) is 0 Å². The fourth-order valence-electron chi connectivity index (χ4n) is 0.936. The molecule has 0 bridgehead atoms. The lowest BCUT2D eigenvalue weighted by Crippen LogP contribution is -2.16. The Morgan fingerprint density at radius 1 is 1.55 bits per heavy atom. The van der Waals surface area contributed by atoms with E-state index in [1.807, 2.05) is 13.8 Å². The molecule has 0 spiro atoms. The predicted molar refractivity (Wildman–Crippen MR) is 42.5 cm³/mol. The summed E-state index contributed by atoms with van der Waals surface area (Å²) in [5.74, 6) is 0.0733. The minimum atomic E-state index is -0.254. The van der Waals surface area contributed by atoms with E-state index in [2.05, 4.69) is 4.98 Å². The second-order valence-corrected chi connectivity index (χ2v) is 3.04. The van der Waals surface area contributed by atoms with Gasteiger partial charge < -0.3 is 10.7 Å². The number of aromatic amines is 1. The van der Waals surface area contributed by atoms with Crippen LogP contribution in [-0.4, -0.2) is 4.98 Å². The highest BCUT2D eigenvalue weighted by Crippen LogP contribution is 2.17. The van der Waals surface area contributed by atoms with Gasteiger partial charge >= 0.3 is 0 Å². The van der Waals surface area contributed by atoms with Gasteiger partial charge in [0.2, 0.25) is 0 Å². The first kappa shape index (κ1) is 8.27. The summed E-state index contributed by atoms with van der Waals surface area (Å²) in [4.78, 5) is 2.79. The summed E-state index contributed by atoms with van der Waals surface area (Å²) >= 11 is 0. The molecule has 0 aliphatic carbocycles. The molecule has 3 N–H and O–H groups in total. The van der Waals surface area contributed by atoms with Gasteiger partial charge in [-0.2, -0.15) is 0 Å². The molecule has 11 heavy (non-hydrogen) atoms. The average molecular weight is 156 g/mol. The summed E-state index contributed by atoms with van der Waals surface area (Å²) in [6.07, 6.45) is 1.32. The maximum Gasteiger partial charge on any atom is 0.140 e. The van der Waals surface area contributed by atoms with Gasteiger partial charge in [0.1, 0.15) is 5.82 Å². The highest BCUT2D eigenvalue weighted by molar-refractivity contribution is 5.10. The Morgan fingerprint density at radius 3 is 2.55 bits per heavy atom. The van der Waals surface area contributed by atoms with E-state index in [4.69, 9.17) is 5.73 Å². The second kappa shape index (κ2) is 3.05. The molecule has 0 aliphatic heterocycles. The van der Waals surface area contributed by atoms with Crippen LogP contribution >= 0.6 is 0 Å². The molecule has 1 heterocycles. The zero-order valence-electron chi connectivity index (χ0n) is 6.76. The Morgan fingerprint density at radius 2 is 2.18 bits per heavy atom. The molecule has 1 unspecified atom stereocenters. The summed E-state index contributed by atoms with van der Waals surface area (Å²) in [5, 5.41) is 0. The van der Waals surface area contributed by atoms with Gasteiger partial charge in [-0.3, -0.25) is 0 Å². The molecule has 62 valence electrons. The van der Waals surface area contributed by atoms with Crippen molar-refractivity contribution in [3.05, 3.63) is 23.8 Å². The first-order valence-corrected chi connectivity index (χ1v) is 3.70. The first-order valence-electron chi connectivity index (χ1n) is 3.70. The monoisotopic (exact) mass is 156 g/mol. The van der Waals surface area contributed by atoms with E-state index < -0.39 is 0 Å². The minimum Gasteiger partial charge on any atom is -0.361 e. The van der Waals surface area contributed by atoms with Crippen molar-refractivity contribution in [3.8, 4) is 0 Å². The van der Waals surface area contributed by atoms with E-state index in [9.17, 15) is 4.39 Å². The molecule has 0 saturated carbocycles. The Labute approximate surface area is 65.6 Å². The molecular weight excluding hydrogens is 143 g/mol. The first-order chi connectivity index (χ1) is 5.11. The van der Waals surface area contributed by atoms with Gasteiger partial charge in [-0.15, -0.1) is 0 Å². The molecule has 0 fully saturated rings. The normalized spacial score (nSPS) is 13.9. The van der Waals surface area contributed by atoms with Gasteiger partial charge in [-0.25, -0.2) is 4.39 Å². The smallest absolute Gasteiger partial charge is 0.140 e. The van der Waals surface area contributed by atoms with E-state index in [-0.39, 0.29) is 11.9 Å². The van der Waals surface area contributed by atoms with Crippen LogP contribution in [0.25, 0.3) is 0 Å². The van der Waals surface area contributed by atoms with Crippen LogP contribution in [0.1, 0.15) is 25.6 Å². The van der Waals surface area contributed by atoms with Crippen LogP contribution in [0, 0.1) is 11.7 Å². The Kier molecular flexibility index (Phi) is 2.29. The van der Waals surface area contributed by atoms with Crippen molar-refractivity contribution >= 4 is 0 Å². The molecule has 2 nitrogen and oxygen atoms in total. The number of rotatable bonds is 2. The fourth-order valence-corrected chi connectivity index (χ4v) is 0.936. The van der Waals surface area contributed by atoms with Crippen molar-refractivity contribution in [2.45, 2.75) is 19.9 Å². The summed E-state index contributed by atoms with van der Waals surface area (Å²) in [5.41, 5.74) is 6.51. The molecule has 0 aliphatic rings. The van der Waals surface area contributed by atoms with Crippen LogP contribution in [0.3, 0.4) is 0 Å². The highest BCUT2D eigenvalue weighted by atomic mass is 19.1. The van der Waals surface area contributed by atoms with Crippen LogP contribution in [-0.2, 0) is 0 Å². The van der Waals surface area contributed by atoms with Crippen LogP contribution in [0.15, 0.2) is 12.3 Å². The topological polar surface area (TPSA) is 41.8 Å². The highest BCUT2D eigenvalue weighted by Gasteiger charge is 2.11. The van der Waals surface area contributed by atoms with Crippen molar-refractivity contribution in [1.29, 1.82) is 0 Å². The number of aromatic nitrogens is 1. The van der Waals surface area contributed by atoms with Crippen LogP contribution in [0.2, 0.25) is 0 Å². The van der Waals surface area contributed by atoms with Crippen molar-refractivity contribution in [1.82, 2.24) is 4.98 Å². The molecular formula is C8H13FN2. The zero-order chi connectivity index (χ0) is 8.43. The summed E-state index contributed by atoms with van der Waals surface area (Å²) in [6.45, 7) is 4.01. The summed E-state index contributed by atoms with van der Waals surface area (Å²) < 4.78 is 12.5. The lowest BCUT2D eigenvalue weighted by atomic mass is 10.0. The third-order valence-electron chi connectivity index (χ3n) is 1.75. The van der Waals surface area contributed by atoms with Gasteiger partial charge in [0.05, 0.1) is 0 Å². The molecule has 0 radical (unpaired) electrons. The molecule has 1 aromatic heterocycles. The van der Waals surface area contributed by atoms with Gasteiger partial charge in [0, 0.05) is 17.9 Å². The van der Waals surface area contributed by atoms with E-state index in [1.165, 1.54) is 12.3 Å². The maximum atomic E-state index is 12.5. The minimum absolute atomic E-state index is 0.0977. The Bertz CT molecular complexity index is 230. The largest absolute Gasteiger partial charge is 0.361 e. The van der Waals surface area contributed by atoms with Crippen molar-refractivity contribution < 1.29 is 4.39 Å². The third-order valence-corrected chi connectivity index (χ3v) is 1.75. The van der Waals surface area contributed by atoms with Crippen molar-refractivity contribution in [2.24, 2.45) is 11.7 Å². The summed E-state index contributed by atoms with van der Waals surface area (Å²) in [7, 11) is 0. The van der Waals surface area contributed by atoms with Gasteiger partial charge in [-0.1, -0.05) is 13.8 Å². The van der Waals surface area contributed by atoms with E-state index in [0.29, 0.717) is 5.92 Å². The maximum absolute atomic E-state index is 12.5. The molecule has 0 aromatic carbocycles. The Balaban J connectivity index is 2.76. The number of H-pyrrole nitrogens is 1. The van der Waals surface area contributed by atoms with Crippen LogP contribution < -0.4 is 5.73 Å². The molecule has 3 heteroatoms. The lowest BCUT2D eigenvalue weighted by molar-refractivity contribution is 0.504. The van der Waals surface area contributed by atoms with Gasteiger partial charge in [0.15, 0.2) is 0 Å². The summed E-state index contributed by atoms with van der Waals surface area (Å²) in [6, 6.07) is 1.34. The molecule has 0 amide bonds. The molecule has 1 aromatic rings. The number of nitrogens with two attached hydrogens (primary N) is 1. The van der Waals surface area contributed by atoms with Crippen LogP contribution in [0.5, 0.6) is 0 Å². The third kappa shape index (κ3) is 1.80. The standard InChI is InChI=1S/C8H13FN2/c1-5(2)8(10)7-3-6(9)4-11-7/h3-5,8,11H,10H2,1-2H3. The SMILES string of the molecule is CC(C)C(N)c1cc(F)c[nH]1. The second-order valence-electron chi connectivity index (χ2n) is 3.04. The Hall–Kier alpha value is -0.830. The number of halogens is 1. The average Bonchev–Trinajstić information content (AvgIpc) is 2.34. The molecule has 1 rings (SSSR count). The zero-order valence-corrected chi connectivity index (χ0v) is 6.76. The lowest BCUT2D eigenvalue weighted by Gasteiger charge is -2.12. The number of hydrogen-bond donors (Lipinski definition) is 2. The van der Waals surface area contributed by atoms with E-state index in [0.717, 1.165) is 5.69 Å². The van der Waals surface area contributed by atoms with E-state index >= 15 is 0 Å². The van der Waals surface area contributed by atoms with Gasteiger partial charge in [0.25, 0.3) is 0 Å². The van der Waals surface area contributed by atoms with Crippen molar-refractivity contribution in [3.63, 3.8) is 0 Å². The quantitative estimate of drug-likeness (QED) is 0.673. The predicted octanol–water partition coefficient (Wildman–Crippen LogP) is 1.81. The van der Waals surface area contributed by atoms with Crippen LogP contribution in [0.4, 0.5) is 4.39 Å². The van der Waals surface area contributed by atoms with E-state index in [1.54, 1.807) is 0 Å². The molecule has 1 atom stereocenters. The molecule has 0 saturated heterocycles.